The predicted octanol–water partition coefficient (Wildman–Crippen LogP) is 1.09. The first-order valence-corrected chi connectivity index (χ1v) is 5.44. The molecule has 1 unspecified atom stereocenters. The van der Waals surface area contributed by atoms with E-state index in [2.05, 4.69) is 5.32 Å². The van der Waals surface area contributed by atoms with Gasteiger partial charge in [-0.2, -0.15) is 0 Å². The molecule has 1 aromatic carbocycles. The lowest BCUT2D eigenvalue weighted by Gasteiger charge is -2.17. The largest absolute Gasteiger partial charge is 0.396 e. The van der Waals surface area contributed by atoms with Gasteiger partial charge in [0.05, 0.1) is 18.2 Å². The topological polar surface area (TPSA) is 58.6 Å². The van der Waals surface area contributed by atoms with Crippen LogP contribution in [0, 0.1) is 11.6 Å². The summed E-state index contributed by atoms with van der Waals surface area (Å²) in [4.78, 5) is 11.7. The average Bonchev–Trinajstić information content (AvgIpc) is 2.33. The van der Waals surface area contributed by atoms with Crippen molar-refractivity contribution in [3.05, 3.63) is 35.4 Å². The van der Waals surface area contributed by atoms with E-state index >= 15 is 0 Å². The van der Waals surface area contributed by atoms with Crippen molar-refractivity contribution in [2.24, 2.45) is 0 Å². The molecule has 0 aliphatic heterocycles. The van der Waals surface area contributed by atoms with E-state index < -0.39 is 23.6 Å². The van der Waals surface area contributed by atoms with Gasteiger partial charge in [-0.05, 0) is 18.6 Å². The van der Waals surface area contributed by atoms with Crippen molar-refractivity contribution in [2.45, 2.75) is 12.5 Å². The highest BCUT2D eigenvalue weighted by molar-refractivity contribution is 5.94. The summed E-state index contributed by atoms with van der Waals surface area (Å²) in [6.45, 7) is 0.0448. The molecule has 0 saturated heterocycles. The molecular formula is C12H15F2NO3. The van der Waals surface area contributed by atoms with Crippen LogP contribution in [0.25, 0.3) is 0 Å². The fourth-order valence-electron chi connectivity index (χ4n) is 1.50. The van der Waals surface area contributed by atoms with Crippen LogP contribution < -0.4 is 5.32 Å². The summed E-state index contributed by atoms with van der Waals surface area (Å²) >= 11 is 0. The molecule has 1 amide bonds. The normalized spacial score (nSPS) is 12.2. The van der Waals surface area contributed by atoms with Gasteiger partial charge in [-0.15, -0.1) is 0 Å². The van der Waals surface area contributed by atoms with Crippen LogP contribution in [0.2, 0.25) is 0 Å². The molecule has 0 fully saturated rings. The van der Waals surface area contributed by atoms with Crippen molar-refractivity contribution in [1.29, 1.82) is 0 Å². The van der Waals surface area contributed by atoms with Crippen LogP contribution in [0.4, 0.5) is 8.78 Å². The molecular weight excluding hydrogens is 244 g/mol. The van der Waals surface area contributed by atoms with Crippen molar-refractivity contribution >= 4 is 5.91 Å². The lowest BCUT2D eigenvalue weighted by Crippen LogP contribution is -2.39. The van der Waals surface area contributed by atoms with E-state index in [1.54, 1.807) is 0 Å². The Bertz CT molecular complexity index is 406. The summed E-state index contributed by atoms with van der Waals surface area (Å²) < 4.78 is 31.2. The van der Waals surface area contributed by atoms with Crippen LogP contribution in [0.1, 0.15) is 16.8 Å². The van der Waals surface area contributed by atoms with E-state index in [9.17, 15) is 13.6 Å². The van der Waals surface area contributed by atoms with E-state index in [0.717, 1.165) is 6.07 Å². The standard InChI is InChI=1S/C12H15F2NO3/c1-18-7-8(5-6-16)15-12(17)9-3-2-4-10(13)11(9)14/h2-4,8,16H,5-7H2,1H3,(H,15,17). The minimum absolute atomic E-state index is 0.139. The molecule has 0 aromatic heterocycles. The van der Waals surface area contributed by atoms with Gasteiger partial charge in [0.2, 0.25) is 0 Å². The van der Waals surface area contributed by atoms with Gasteiger partial charge in [0.1, 0.15) is 0 Å². The number of aliphatic hydroxyl groups is 1. The number of aliphatic hydroxyl groups excluding tert-OH is 1. The summed E-state index contributed by atoms with van der Waals surface area (Å²) in [6, 6.07) is 2.93. The first kappa shape index (κ1) is 14.5. The van der Waals surface area contributed by atoms with Gasteiger partial charge in [0, 0.05) is 13.7 Å². The molecule has 1 rings (SSSR count). The van der Waals surface area contributed by atoms with Gasteiger partial charge in [-0.3, -0.25) is 4.79 Å². The minimum Gasteiger partial charge on any atom is -0.396 e. The van der Waals surface area contributed by atoms with Gasteiger partial charge < -0.3 is 15.2 Å². The number of nitrogens with one attached hydrogen (secondary N) is 1. The zero-order valence-corrected chi connectivity index (χ0v) is 9.95. The molecule has 0 aliphatic carbocycles. The highest BCUT2D eigenvalue weighted by Gasteiger charge is 2.18. The fourth-order valence-corrected chi connectivity index (χ4v) is 1.50. The van der Waals surface area contributed by atoms with E-state index in [1.165, 1.54) is 19.2 Å². The highest BCUT2D eigenvalue weighted by atomic mass is 19.2. The van der Waals surface area contributed by atoms with Crippen molar-refractivity contribution < 1.29 is 23.4 Å². The summed E-state index contributed by atoms with van der Waals surface area (Å²) in [5.41, 5.74) is -0.367. The van der Waals surface area contributed by atoms with E-state index in [0.29, 0.717) is 0 Å². The van der Waals surface area contributed by atoms with E-state index in [4.69, 9.17) is 9.84 Å². The maximum absolute atomic E-state index is 13.4. The van der Waals surface area contributed by atoms with Crippen LogP contribution in [0.15, 0.2) is 18.2 Å². The highest BCUT2D eigenvalue weighted by Crippen LogP contribution is 2.11. The second-order valence-electron chi connectivity index (χ2n) is 3.74. The van der Waals surface area contributed by atoms with Crippen molar-refractivity contribution in [3.63, 3.8) is 0 Å². The Morgan fingerprint density at radius 3 is 2.83 bits per heavy atom. The Hall–Kier alpha value is -1.53. The number of halogens is 2. The number of methoxy groups -OCH3 is 1. The van der Waals surface area contributed by atoms with E-state index in [-0.39, 0.29) is 25.2 Å². The third-order valence-corrected chi connectivity index (χ3v) is 2.38. The zero-order valence-electron chi connectivity index (χ0n) is 9.95. The maximum Gasteiger partial charge on any atom is 0.254 e. The van der Waals surface area contributed by atoms with Crippen molar-refractivity contribution in [2.75, 3.05) is 20.3 Å². The van der Waals surface area contributed by atoms with Gasteiger partial charge in [-0.1, -0.05) is 6.07 Å². The van der Waals surface area contributed by atoms with Crippen LogP contribution in [0.5, 0.6) is 0 Å². The Labute approximate surface area is 104 Å². The molecule has 6 heteroatoms. The molecule has 0 spiro atoms. The molecule has 100 valence electrons. The Kier molecular flexibility index (Phi) is 5.67. The van der Waals surface area contributed by atoms with Crippen molar-refractivity contribution in [1.82, 2.24) is 5.32 Å². The fraction of sp³-hybridized carbons (Fsp3) is 0.417. The molecule has 0 bridgehead atoms. The number of carbonyl (C=O) groups excluding carboxylic acids is 1. The molecule has 0 aliphatic rings. The molecule has 2 N–H and O–H groups in total. The lowest BCUT2D eigenvalue weighted by molar-refractivity contribution is 0.0874. The zero-order chi connectivity index (χ0) is 13.5. The summed E-state index contributed by atoms with van der Waals surface area (Å²) in [6.07, 6.45) is 0.274. The quantitative estimate of drug-likeness (QED) is 0.804. The number of hydrogen-bond acceptors (Lipinski definition) is 3. The van der Waals surface area contributed by atoms with Crippen LogP contribution >= 0.6 is 0 Å². The third-order valence-electron chi connectivity index (χ3n) is 2.38. The second-order valence-corrected chi connectivity index (χ2v) is 3.74. The van der Waals surface area contributed by atoms with E-state index in [1.807, 2.05) is 0 Å². The predicted molar refractivity (Wildman–Crippen MR) is 61.2 cm³/mol. The number of rotatable bonds is 6. The number of ether oxygens (including phenoxy) is 1. The molecule has 0 radical (unpaired) electrons. The first-order valence-electron chi connectivity index (χ1n) is 5.44. The van der Waals surface area contributed by atoms with Gasteiger partial charge >= 0.3 is 0 Å². The van der Waals surface area contributed by atoms with Crippen LogP contribution in [0.3, 0.4) is 0 Å². The monoisotopic (exact) mass is 259 g/mol. The number of hydrogen-bond donors (Lipinski definition) is 2. The third kappa shape index (κ3) is 3.75. The average molecular weight is 259 g/mol. The number of carbonyl (C=O) groups is 1. The van der Waals surface area contributed by atoms with Gasteiger partial charge in [0.25, 0.3) is 5.91 Å². The Balaban J connectivity index is 2.77. The number of amides is 1. The maximum atomic E-state index is 13.4. The summed E-state index contributed by atoms with van der Waals surface area (Å²) in [5.74, 6) is -2.99. The molecule has 18 heavy (non-hydrogen) atoms. The summed E-state index contributed by atoms with van der Waals surface area (Å²) in [7, 11) is 1.44. The number of benzene rings is 1. The smallest absolute Gasteiger partial charge is 0.254 e. The second kappa shape index (κ2) is 7.03. The molecule has 0 saturated carbocycles. The summed E-state index contributed by atoms with van der Waals surface area (Å²) in [5, 5.41) is 11.3. The van der Waals surface area contributed by atoms with Crippen LogP contribution in [-0.2, 0) is 4.74 Å². The first-order chi connectivity index (χ1) is 8.60. The Morgan fingerprint density at radius 1 is 1.50 bits per heavy atom. The van der Waals surface area contributed by atoms with Crippen LogP contribution in [-0.4, -0.2) is 37.4 Å². The molecule has 4 nitrogen and oxygen atoms in total. The SMILES string of the molecule is COCC(CCO)NC(=O)c1cccc(F)c1F. The molecule has 1 atom stereocenters. The Morgan fingerprint density at radius 2 is 2.22 bits per heavy atom. The van der Waals surface area contributed by atoms with Gasteiger partial charge in [-0.25, -0.2) is 8.78 Å². The van der Waals surface area contributed by atoms with Crippen molar-refractivity contribution in [3.8, 4) is 0 Å². The minimum atomic E-state index is -1.19. The van der Waals surface area contributed by atoms with Gasteiger partial charge in [0.15, 0.2) is 11.6 Å². The lowest BCUT2D eigenvalue weighted by atomic mass is 10.1. The molecule has 1 aromatic rings. The molecule has 0 heterocycles.